The standard InChI is InChI=1S/C20H25ClN2O6S/c1-5-10-29-17-9-6-14(11-18(17)27-3)13-22-20(24)15-7-8-16(21)19(12-15)30(25,26)23(2)28-4/h6-9,11-12H,5,10,13H2,1-4H3,(H,22,24). The van der Waals surface area contributed by atoms with Gasteiger partial charge in [-0.1, -0.05) is 29.1 Å². The van der Waals surface area contributed by atoms with Crippen LogP contribution in [0.25, 0.3) is 0 Å². The summed E-state index contributed by atoms with van der Waals surface area (Å²) in [6.07, 6.45) is 0.875. The summed E-state index contributed by atoms with van der Waals surface area (Å²) in [5.74, 6) is 0.746. The number of hydrogen-bond donors (Lipinski definition) is 1. The Bertz CT molecular complexity index is 997. The zero-order valence-corrected chi connectivity index (χ0v) is 18.8. The Balaban J connectivity index is 2.16. The monoisotopic (exact) mass is 456 g/mol. The maximum atomic E-state index is 12.6. The molecule has 30 heavy (non-hydrogen) atoms. The average molecular weight is 457 g/mol. The van der Waals surface area contributed by atoms with E-state index in [0.717, 1.165) is 12.0 Å². The van der Waals surface area contributed by atoms with E-state index >= 15 is 0 Å². The minimum absolute atomic E-state index is 0.0112. The van der Waals surface area contributed by atoms with Crippen molar-refractivity contribution in [1.82, 2.24) is 9.79 Å². The van der Waals surface area contributed by atoms with Gasteiger partial charge in [0, 0.05) is 19.2 Å². The molecule has 0 saturated carbocycles. The molecule has 1 N–H and O–H groups in total. The van der Waals surface area contributed by atoms with Gasteiger partial charge in [0.15, 0.2) is 11.5 Å². The van der Waals surface area contributed by atoms with Crippen molar-refractivity contribution in [3.8, 4) is 11.5 Å². The average Bonchev–Trinajstić information content (AvgIpc) is 2.75. The third-order valence-electron chi connectivity index (χ3n) is 4.21. The molecule has 0 aromatic heterocycles. The second-order valence-corrected chi connectivity index (χ2v) is 8.57. The zero-order valence-electron chi connectivity index (χ0n) is 17.3. The van der Waals surface area contributed by atoms with E-state index in [-0.39, 0.29) is 22.0 Å². The summed E-state index contributed by atoms with van der Waals surface area (Å²) in [6.45, 7) is 2.80. The van der Waals surface area contributed by atoms with Crippen LogP contribution in [0.5, 0.6) is 11.5 Å². The number of halogens is 1. The molecule has 2 aromatic carbocycles. The van der Waals surface area contributed by atoms with E-state index in [4.69, 9.17) is 25.9 Å². The summed E-state index contributed by atoms with van der Waals surface area (Å²) in [5.41, 5.74) is 0.947. The van der Waals surface area contributed by atoms with Gasteiger partial charge in [0.1, 0.15) is 4.90 Å². The summed E-state index contributed by atoms with van der Waals surface area (Å²) < 4.78 is 36.6. The van der Waals surface area contributed by atoms with E-state index in [1.165, 1.54) is 32.4 Å². The fourth-order valence-electron chi connectivity index (χ4n) is 2.52. The van der Waals surface area contributed by atoms with Crippen LogP contribution in [0, 0.1) is 0 Å². The van der Waals surface area contributed by atoms with E-state index in [9.17, 15) is 13.2 Å². The highest BCUT2D eigenvalue weighted by Crippen LogP contribution is 2.28. The molecular weight excluding hydrogens is 432 g/mol. The van der Waals surface area contributed by atoms with Gasteiger partial charge < -0.3 is 14.8 Å². The van der Waals surface area contributed by atoms with E-state index in [1.54, 1.807) is 19.2 Å². The molecule has 0 fully saturated rings. The molecule has 0 heterocycles. The number of nitrogens with one attached hydrogen (secondary N) is 1. The van der Waals surface area contributed by atoms with Crippen LogP contribution in [0.3, 0.4) is 0 Å². The van der Waals surface area contributed by atoms with Crippen LogP contribution in [0.4, 0.5) is 0 Å². The molecular formula is C20H25ClN2O6S. The van der Waals surface area contributed by atoms with Crippen LogP contribution in [0.2, 0.25) is 5.02 Å². The van der Waals surface area contributed by atoms with E-state index in [0.29, 0.717) is 22.6 Å². The number of methoxy groups -OCH3 is 1. The van der Waals surface area contributed by atoms with Crippen LogP contribution in [0.1, 0.15) is 29.3 Å². The van der Waals surface area contributed by atoms with E-state index in [1.807, 2.05) is 13.0 Å². The number of carbonyl (C=O) groups is 1. The lowest BCUT2D eigenvalue weighted by atomic mass is 10.1. The normalized spacial score (nSPS) is 11.4. The van der Waals surface area contributed by atoms with Crippen molar-refractivity contribution in [3.05, 3.63) is 52.5 Å². The number of hydroxylamine groups is 1. The number of hydrogen-bond acceptors (Lipinski definition) is 6. The Morgan fingerprint density at radius 2 is 1.87 bits per heavy atom. The topological polar surface area (TPSA) is 94.2 Å². The van der Waals surface area contributed by atoms with Crippen molar-refractivity contribution in [2.75, 3.05) is 27.9 Å². The van der Waals surface area contributed by atoms with Crippen LogP contribution >= 0.6 is 11.6 Å². The van der Waals surface area contributed by atoms with Crippen LogP contribution in [0.15, 0.2) is 41.3 Å². The van der Waals surface area contributed by atoms with Crippen molar-refractivity contribution < 1.29 is 27.5 Å². The molecule has 164 valence electrons. The van der Waals surface area contributed by atoms with E-state index in [2.05, 4.69) is 5.32 Å². The molecule has 0 unspecified atom stereocenters. The number of sulfonamides is 1. The fraction of sp³-hybridized carbons (Fsp3) is 0.350. The lowest BCUT2D eigenvalue weighted by Crippen LogP contribution is -2.27. The molecule has 1 amide bonds. The maximum absolute atomic E-state index is 12.6. The van der Waals surface area contributed by atoms with Crippen LogP contribution < -0.4 is 14.8 Å². The van der Waals surface area contributed by atoms with Gasteiger partial charge in [-0.05, 0) is 42.3 Å². The Hall–Kier alpha value is -2.33. The molecule has 0 bridgehead atoms. The Labute approximate surface area is 181 Å². The van der Waals surface area contributed by atoms with Gasteiger partial charge in [0.05, 0.1) is 25.8 Å². The first-order valence-corrected chi connectivity index (χ1v) is 11.0. The largest absolute Gasteiger partial charge is 0.493 e. The second kappa shape index (κ2) is 10.6. The highest BCUT2D eigenvalue weighted by molar-refractivity contribution is 7.89. The number of benzene rings is 2. The molecule has 2 rings (SSSR count). The molecule has 0 saturated heterocycles. The number of carbonyl (C=O) groups excluding carboxylic acids is 1. The summed E-state index contributed by atoms with van der Waals surface area (Å²) in [5, 5.41) is 2.74. The summed E-state index contributed by atoms with van der Waals surface area (Å²) in [6, 6.07) is 9.39. The van der Waals surface area contributed by atoms with Crippen molar-refractivity contribution >= 4 is 27.5 Å². The number of amides is 1. The highest BCUT2D eigenvalue weighted by atomic mass is 35.5. The highest BCUT2D eigenvalue weighted by Gasteiger charge is 2.25. The molecule has 0 aliphatic rings. The smallest absolute Gasteiger partial charge is 0.266 e. The number of nitrogens with zero attached hydrogens (tertiary/aromatic N) is 1. The molecule has 0 radical (unpaired) electrons. The molecule has 10 heteroatoms. The lowest BCUT2D eigenvalue weighted by Gasteiger charge is -2.16. The van der Waals surface area contributed by atoms with Gasteiger partial charge in [-0.3, -0.25) is 9.63 Å². The van der Waals surface area contributed by atoms with Gasteiger partial charge in [-0.15, -0.1) is 0 Å². The van der Waals surface area contributed by atoms with E-state index < -0.39 is 15.9 Å². The van der Waals surface area contributed by atoms with Gasteiger partial charge in [0.25, 0.3) is 15.9 Å². The Morgan fingerprint density at radius 1 is 1.13 bits per heavy atom. The third-order valence-corrected chi connectivity index (χ3v) is 6.37. The fourth-order valence-corrected chi connectivity index (χ4v) is 3.99. The van der Waals surface area contributed by atoms with Gasteiger partial charge in [0.2, 0.25) is 0 Å². The second-order valence-electron chi connectivity index (χ2n) is 6.26. The van der Waals surface area contributed by atoms with Gasteiger partial charge in [-0.25, -0.2) is 8.42 Å². The van der Waals surface area contributed by atoms with Crippen molar-refractivity contribution in [3.63, 3.8) is 0 Å². The third kappa shape index (κ3) is 5.63. The molecule has 2 aromatic rings. The lowest BCUT2D eigenvalue weighted by molar-refractivity contribution is -0.0258. The molecule has 8 nitrogen and oxygen atoms in total. The SMILES string of the molecule is CCCOc1ccc(CNC(=O)c2ccc(Cl)c(S(=O)(=O)N(C)OC)c2)cc1OC. The van der Waals surface area contributed by atoms with Gasteiger partial charge >= 0.3 is 0 Å². The zero-order chi connectivity index (χ0) is 22.3. The summed E-state index contributed by atoms with van der Waals surface area (Å²) >= 11 is 6.02. The Kier molecular flexibility index (Phi) is 8.48. The first kappa shape index (κ1) is 23.9. The van der Waals surface area contributed by atoms with Crippen molar-refractivity contribution in [2.24, 2.45) is 0 Å². The molecule has 0 aliphatic heterocycles. The summed E-state index contributed by atoms with van der Waals surface area (Å²) in [4.78, 5) is 17.1. The predicted octanol–water partition coefficient (Wildman–Crippen LogP) is 3.25. The molecule has 0 spiro atoms. The Morgan fingerprint density at radius 3 is 2.50 bits per heavy atom. The minimum Gasteiger partial charge on any atom is -0.493 e. The first-order valence-electron chi connectivity index (χ1n) is 9.15. The van der Waals surface area contributed by atoms with Gasteiger partial charge in [-0.2, -0.15) is 0 Å². The number of ether oxygens (including phenoxy) is 2. The number of rotatable bonds is 10. The predicted molar refractivity (Wildman–Crippen MR) is 113 cm³/mol. The quantitative estimate of drug-likeness (QED) is 0.551. The summed E-state index contributed by atoms with van der Waals surface area (Å²) in [7, 11) is 0.00212. The van der Waals surface area contributed by atoms with Crippen molar-refractivity contribution in [2.45, 2.75) is 24.8 Å². The van der Waals surface area contributed by atoms with Crippen LogP contribution in [-0.4, -0.2) is 46.7 Å². The van der Waals surface area contributed by atoms with Crippen molar-refractivity contribution in [1.29, 1.82) is 0 Å². The van der Waals surface area contributed by atoms with Crippen LogP contribution in [-0.2, 0) is 21.4 Å². The molecule has 0 aliphatic carbocycles. The first-order chi connectivity index (χ1) is 14.2. The minimum atomic E-state index is -4.00. The molecule has 0 atom stereocenters. The maximum Gasteiger partial charge on any atom is 0.266 e.